The quantitative estimate of drug-likeness (QED) is 0.814. The monoisotopic (exact) mass is 328 g/mol. The molecule has 0 aromatic heterocycles. The highest BCUT2D eigenvalue weighted by Gasteiger charge is 2.45. The molecular formula is C20H28N2O2. The van der Waals surface area contributed by atoms with E-state index in [1.54, 1.807) is 0 Å². The molecular weight excluding hydrogens is 300 g/mol. The summed E-state index contributed by atoms with van der Waals surface area (Å²) in [5.74, 6) is 1.42. The largest absolute Gasteiger partial charge is 0.444 e. The van der Waals surface area contributed by atoms with Crippen LogP contribution in [0.3, 0.4) is 0 Å². The Morgan fingerprint density at radius 1 is 1.17 bits per heavy atom. The van der Waals surface area contributed by atoms with E-state index in [1.807, 2.05) is 26.8 Å². The van der Waals surface area contributed by atoms with Crippen LogP contribution in [0.15, 0.2) is 42.5 Å². The average Bonchev–Trinajstić information content (AvgIpc) is 3.09. The van der Waals surface area contributed by atoms with E-state index in [2.05, 4.69) is 47.1 Å². The highest BCUT2D eigenvalue weighted by Crippen LogP contribution is 2.43. The molecule has 24 heavy (non-hydrogen) atoms. The van der Waals surface area contributed by atoms with Crippen molar-refractivity contribution in [3.05, 3.63) is 48.0 Å². The van der Waals surface area contributed by atoms with Gasteiger partial charge in [0.25, 0.3) is 0 Å². The third-order valence-electron chi connectivity index (χ3n) is 4.86. The lowest BCUT2D eigenvalue weighted by molar-refractivity contribution is 0.0480. The van der Waals surface area contributed by atoms with Crippen LogP contribution >= 0.6 is 0 Å². The number of benzene rings is 1. The van der Waals surface area contributed by atoms with Gasteiger partial charge in [-0.3, -0.25) is 0 Å². The predicted molar refractivity (Wildman–Crippen MR) is 95.5 cm³/mol. The lowest BCUT2D eigenvalue weighted by Gasteiger charge is -2.30. The van der Waals surface area contributed by atoms with Gasteiger partial charge in [0.05, 0.1) is 0 Å². The first-order chi connectivity index (χ1) is 11.4. The Labute approximate surface area is 144 Å². The fourth-order valence-corrected chi connectivity index (χ4v) is 3.84. The van der Waals surface area contributed by atoms with E-state index < -0.39 is 5.60 Å². The SMILES string of the molecule is CC(C)(C)OC(=O)N[C@H]1[C@@H](CNCc2ccccc2)[C@@H]2C=C[C@H]1C2. The van der Waals surface area contributed by atoms with Crippen LogP contribution in [0.4, 0.5) is 4.79 Å². The van der Waals surface area contributed by atoms with E-state index in [4.69, 9.17) is 4.74 Å². The van der Waals surface area contributed by atoms with E-state index in [-0.39, 0.29) is 12.1 Å². The zero-order chi connectivity index (χ0) is 17.2. The van der Waals surface area contributed by atoms with Gasteiger partial charge in [0, 0.05) is 19.1 Å². The first-order valence-electron chi connectivity index (χ1n) is 8.85. The molecule has 3 rings (SSSR count). The van der Waals surface area contributed by atoms with Crippen molar-refractivity contribution in [2.75, 3.05) is 6.54 Å². The molecule has 0 saturated heterocycles. The van der Waals surface area contributed by atoms with Crippen LogP contribution in [0.2, 0.25) is 0 Å². The van der Waals surface area contributed by atoms with Gasteiger partial charge >= 0.3 is 6.09 Å². The molecule has 1 fully saturated rings. The molecule has 4 heteroatoms. The number of hydrogen-bond donors (Lipinski definition) is 2. The molecule has 1 saturated carbocycles. The minimum atomic E-state index is -0.460. The lowest BCUT2D eigenvalue weighted by atomic mass is 9.89. The number of allylic oxidation sites excluding steroid dienone is 1. The average molecular weight is 328 g/mol. The molecule has 2 bridgehead atoms. The molecule has 2 aliphatic carbocycles. The molecule has 0 heterocycles. The number of ether oxygens (including phenoxy) is 1. The van der Waals surface area contributed by atoms with Crippen molar-refractivity contribution in [1.82, 2.24) is 10.6 Å². The molecule has 2 N–H and O–H groups in total. The summed E-state index contributed by atoms with van der Waals surface area (Å²) in [6.07, 6.45) is 5.40. The number of rotatable bonds is 5. The second-order valence-corrected chi connectivity index (χ2v) is 7.90. The summed E-state index contributed by atoms with van der Waals surface area (Å²) in [5, 5.41) is 6.67. The van der Waals surface area contributed by atoms with Gasteiger partial charge < -0.3 is 15.4 Å². The fourth-order valence-electron chi connectivity index (χ4n) is 3.84. The fraction of sp³-hybridized carbons (Fsp3) is 0.550. The summed E-state index contributed by atoms with van der Waals surface area (Å²) in [7, 11) is 0. The van der Waals surface area contributed by atoms with Crippen molar-refractivity contribution in [2.45, 2.75) is 45.4 Å². The number of fused-ring (bicyclic) bond motifs is 2. The molecule has 0 radical (unpaired) electrons. The second kappa shape index (κ2) is 6.98. The van der Waals surface area contributed by atoms with Crippen LogP contribution in [0, 0.1) is 17.8 Å². The molecule has 2 aliphatic rings. The Hall–Kier alpha value is -1.81. The topological polar surface area (TPSA) is 50.4 Å². The molecule has 1 aromatic rings. The third kappa shape index (κ3) is 4.18. The van der Waals surface area contributed by atoms with Crippen molar-refractivity contribution < 1.29 is 9.53 Å². The molecule has 0 spiro atoms. The van der Waals surface area contributed by atoms with Crippen LogP contribution in [0.1, 0.15) is 32.8 Å². The van der Waals surface area contributed by atoms with Crippen molar-refractivity contribution in [1.29, 1.82) is 0 Å². The smallest absolute Gasteiger partial charge is 0.407 e. The van der Waals surface area contributed by atoms with Gasteiger partial charge in [-0.15, -0.1) is 0 Å². The zero-order valence-corrected chi connectivity index (χ0v) is 14.8. The maximum atomic E-state index is 12.2. The van der Waals surface area contributed by atoms with Crippen LogP contribution < -0.4 is 10.6 Å². The molecule has 130 valence electrons. The normalized spacial score (nSPS) is 28.1. The maximum absolute atomic E-state index is 12.2. The number of carbonyl (C=O) groups excluding carboxylic acids is 1. The van der Waals surface area contributed by atoms with E-state index in [0.29, 0.717) is 17.8 Å². The summed E-state index contributed by atoms with van der Waals surface area (Å²) in [4.78, 5) is 12.2. The van der Waals surface area contributed by atoms with Gasteiger partial charge in [-0.1, -0.05) is 42.5 Å². The Morgan fingerprint density at radius 2 is 1.88 bits per heavy atom. The first-order valence-corrected chi connectivity index (χ1v) is 8.85. The van der Waals surface area contributed by atoms with E-state index in [0.717, 1.165) is 19.5 Å². The zero-order valence-electron chi connectivity index (χ0n) is 14.8. The maximum Gasteiger partial charge on any atom is 0.407 e. The number of amides is 1. The highest BCUT2D eigenvalue weighted by molar-refractivity contribution is 5.68. The summed E-state index contributed by atoms with van der Waals surface area (Å²) >= 11 is 0. The van der Waals surface area contributed by atoms with Crippen molar-refractivity contribution in [2.24, 2.45) is 17.8 Å². The standard InChI is InChI=1S/C20H28N2O2/c1-20(2,3)24-19(23)22-18-16-10-9-15(11-16)17(18)13-21-12-14-7-5-4-6-8-14/h4-10,15-18,21H,11-13H2,1-3H3,(H,22,23)/t15-,16+,17+,18-/m1/s1. The van der Waals surface area contributed by atoms with E-state index in [9.17, 15) is 4.79 Å². The summed E-state index contributed by atoms with van der Waals surface area (Å²) in [6.45, 7) is 7.45. The van der Waals surface area contributed by atoms with Gasteiger partial charge in [0.1, 0.15) is 5.60 Å². The molecule has 1 aromatic carbocycles. The van der Waals surface area contributed by atoms with Gasteiger partial charge in [0.15, 0.2) is 0 Å². The lowest BCUT2D eigenvalue weighted by Crippen LogP contribution is -2.47. The molecule has 1 amide bonds. The molecule has 4 nitrogen and oxygen atoms in total. The van der Waals surface area contributed by atoms with Crippen LogP contribution in [0.25, 0.3) is 0 Å². The van der Waals surface area contributed by atoms with Crippen molar-refractivity contribution in [3.8, 4) is 0 Å². The Balaban J connectivity index is 1.55. The minimum Gasteiger partial charge on any atom is -0.444 e. The predicted octanol–water partition coefficient (Wildman–Crippen LogP) is 3.49. The summed E-state index contributed by atoms with van der Waals surface area (Å²) in [6, 6.07) is 10.6. The molecule has 4 atom stereocenters. The van der Waals surface area contributed by atoms with Gasteiger partial charge in [0.2, 0.25) is 0 Å². The summed E-state index contributed by atoms with van der Waals surface area (Å²) in [5.41, 5.74) is 0.825. The Bertz CT molecular complexity index is 591. The third-order valence-corrected chi connectivity index (χ3v) is 4.86. The second-order valence-electron chi connectivity index (χ2n) is 7.90. The van der Waals surface area contributed by atoms with Crippen molar-refractivity contribution >= 4 is 6.09 Å². The summed E-state index contributed by atoms with van der Waals surface area (Å²) < 4.78 is 5.43. The molecule has 0 aliphatic heterocycles. The van der Waals surface area contributed by atoms with Gasteiger partial charge in [-0.2, -0.15) is 0 Å². The van der Waals surface area contributed by atoms with Crippen LogP contribution in [-0.4, -0.2) is 24.3 Å². The van der Waals surface area contributed by atoms with Gasteiger partial charge in [-0.25, -0.2) is 4.79 Å². The number of nitrogens with one attached hydrogen (secondary N) is 2. The Morgan fingerprint density at radius 3 is 2.58 bits per heavy atom. The van der Waals surface area contributed by atoms with E-state index in [1.165, 1.54) is 5.56 Å². The highest BCUT2D eigenvalue weighted by atomic mass is 16.6. The number of carbonyl (C=O) groups is 1. The minimum absolute atomic E-state index is 0.165. The van der Waals surface area contributed by atoms with Crippen molar-refractivity contribution in [3.63, 3.8) is 0 Å². The van der Waals surface area contributed by atoms with E-state index >= 15 is 0 Å². The first kappa shape index (κ1) is 17.0. The van der Waals surface area contributed by atoms with Crippen LogP contribution in [0.5, 0.6) is 0 Å². The number of hydrogen-bond acceptors (Lipinski definition) is 3. The van der Waals surface area contributed by atoms with Gasteiger partial charge in [-0.05, 0) is 50.5 Å². The number of alkyl carbamates (subject to hydrolysis) is 1. The Kier molecular flexibility index (Phi) is 4.95. The molecule has 0 unspecified atom stereocenters. The van der Waals surface area contributed by atoms with Crippen LogP contribution in [-0.2, 0) is 11.3 Å².